The summed E-state index contributed by atoms with van der Waals surface area (Å²) in [5.74, 6) is 0.516. The highest BCUT2D eigenvalue weighted by atomic mass is 35.5. The molecule has 0 amide bonds. The average Bonchev–Trinajstić information content (AvgIpc) is 2.41. The number of halogens is 1. The van der Waals surface area contributed by atoms with Gasteiger partial charge in [-0.15, -0.1) is 0 Å². The molecule has 0 heterocycles. The molecule has 0 aliphatic carbocycles. The van der Waals surface area contributed by atoms with E-state index < -0.39 is 0 Å². The van der Waals surface area contributed by atoms with Gasteiger partial charge in [0.05, 0.1) is 5.56 Å². The van der Waals surface area contributed by atoms with Crippen LogP contribution in [-0.2, 0) is 6.61 Å². The van der Waals surface area contributed by atoms with Gasteiger partial charge in [-0.1, -0.05) is 29.8 Å². The lowest BCUT2D eigenvalue weighted by molar-refractivity contribution is 0.101. The zero-order valence-corrected chi connectivity index (χ0v) is 12.6. The van der Waals surface area contributed by atoms with E-state index in [-0.39, 0.29) is 5.78 Å². The molecule has 2 rings (SSSR count). The molecule has 2 aromatic rings. The standard InChI is InChI=1S/C17H17ClO2/c1-11-4-5-14(8-12(11)2)10-20-17-7-6-15(18)9-16(17)13(3)19/h4-9H,10H2,1-3H3. The van der Waals surface area contributed by atoms with E-state index in [1.807, 2.05) is 6.07 Å². The maximum Gasteiger partial charge on any atom is 0.163 e. The van der Waals surface area contributed by atoms with Crippen LogP contribution in [0.5, 0.6) is 5.75 Å². The zero-order chi connectivity index (χ0) is 14.7. The molecule has 0 unspecified atom stereocenters. The molecule has 0 saturated carbocycles. The van der Waals surface area contributed by atoms with Crippen LogP contribution in [0.4, 0.5) is 0 Å². The fourth-order valence-corrected chi connectivity index (χ4v) is 2.13. The van der Waals surface area contributed by atoms with Crippen molar-refractivity contribution in [2.75, 3.05) is 0 Å². The second-order valence-electron chi connectivity index (χ2n) is 4.90. The monoisotopic (exact) mass is 288 g/mol. The van der Waals surface area contributed by atoms with E-state index in [2.05, 4.69) is 26.0 Å². The molecule has 104 valence electrons. The summed E-state index contributed by atoms with van der Waals surface area (Å²) < 4.78 is 5.75. The Hall–Kier alpha value is -1.80. The number of hydrogen-bond acceptors (Lipinski definition) is 2. The number of benzene rings is 2. The highest BCUT2D eigenvalue weighted by Gasteiger charge is 2.09. The fraction of sp³-hybridized carbons (Fsp3) is 0.235. The summed E-state index contributed by atoms with van der Waals surface area (Å²) >= 11 is 5.91. The third kappa shape index (κ3) is 3.40. The van der Waals surface area contributed by atoms with Crippen molar-refractivity contribution in [3.8, 4) is 5.75 Å². The minimum atomic E-state index is -0.0532. The molecule has 0 fully saturated rings. The molecular weight excluding hydrogens is 272 g/mol. The Morgan fingerprint density at radius 1 is 1.10 bits per heavy atom. The Kier molecular flexibility index (Phi) is 4.46. The fourth-order valence-electron chi connectivity index (χ4n) is 1.96. The maximum atomic E-state index is 11.6. The molecular formula is C17H17ClO2. The van der Waals surface area contributed by atoms with Crippen LogP contribution in [0, 0.1) is 13.8 Å². The first-order valence-electron chi connectivity index (χ1n) is 6.47. The van der Waals surface area contributed by atoms with Crippen LogP contribution in [0.2, 0.25) is 5.02 Å². The van der Waals surface area contributed by atoms with Crippen LogP contribution in [0.1, 0.15) is 34.0 Å². The first-order valence-corrected chi connectivity index (χ1v) is 6.84. The molecule has 0 bridgehead atoms. The molecule has 0 atom stereocenters. The first kappa shape index (κ1) is 14.6. The summed E-state index contributed by atoms with van der Waals surface area (Å²) in [5.41, 5.74) is 4.08. The average molecular weight is 289 g/mol. The van der Waals surface area contributed by atoms with E-state index >= 15 is 0 Å². The number of carbonyl (C=O) groups is 1. The van der Waals surface area contributed by atoms with Gasteiger partial charge in [0, 0.05) is 5.02 Å². The van der Waals surface area contributed by atoms with Gasteiger partial charge in [0.25, 0.3) is 0 Å². The van der Waals surface area contributed by atoms with Gasteiger partial charge < -0.3 is 4.74 Å². The van der Waals surface area contributed by atoms with Crippen LogP contribution in [0.3, 0.4) is 0 Å². The summed E-state index contributed by atoms with van der Waals surface area (Å²) in [5, 5.41) is 0.536. The van der Waals surface area contributed by atoms with Crippen LogP contribution in [0.25, 0.3) is 0 Å². The Labute approximate surface area is 124 Å². The minimum Gasteiger partial charge on any atom is -0.488 e. The molecule has 0 aliphatic rings. The number of carbonyl (C=O) groups excluding carboxylic acids is 1. The first-order chi connectivity index (χ1) is 9.47. The van der Waals surface area contributed by atoms with Crippen LogP contribution in [0.15, 0.2) is 36.4 Å². The second-order valence-corrected chi connectivity index (χ2v) is 5.34. The quantitative estimate of drug-likeness (QED) is 0.760. The zero-order valence-electron chi connectivity index (χ0n) is 11.9. The van der Waals surface area contributed by atoms with E-state index in [9.17, 15) is 4.79 Å². The number of ketones is 1. The lowest BCUT2D eigenvalue weighted by Gasteiger charge is -2.11. The maximum absolute atomic E-state index is 11.6. The molecule has 3 heteroatoms. The van der Waals surface area contributed by atoms with Gasteiger partial charge in [-0.05, 0) is 55.7 Å². The normalized spacial score (nSPS) is 10.4. The van der Waals surface area contributed by atoms with E-state index in [4.69, 9.17) is 16.3 Å². The van der Waals surface area contributed by atoms with Gasteiger partial charge in [-0.3, -0.25) is 4.79 Å². The van der Waals surface area contributed by atoms with Crippen molar-refractivity contribution in [3.05, 3.63) is 63.7 Å². The molecule has 0 aliphatic heterocycles. The number of hydrogen-bond donors (Lipinski definition) is 0. The Bertz CT molecular complexity index is 647. The molecule has 0 radical (unpaired) electrons. The topological polar surface area (TPSA) is 26.3 Å². The van der Waals surface area contributed by atoms with Crippen molar-refractivity contribution in [1.29, 1.82) is 0 Å². The van der Waals surface area contributed by atoms with Crippen LogP contribution < -0.4 is 4.74 Å². The van der Waals surface area contributed by atoms with E-state index in [0.717, 1.165) is 5.56 Å². The molecule has 2 aromatic carbocycles. The largest absolute Gasteiger partial charge is 0.488 e. The number of ether oxygens (including phenoxy) is 1. The number of rotatable bonds is 4. The second kappa shape index (κ2) is 6.10. The van der Waals surface area contributed by atoms with Gasteiger partial charge >= 0.3 is 0 Å². The Morgan fingerprint density at radius 3 is 2.50 bits per heavy atom. The van der Waals surface area contributed by atoms with Crippen molar-refractivity contribution in [2.45, 2.75) is 27.4 Å². The minimum absolute atomic E-state index is 0.0532. The summed E-state index contributed by atoms with van der Waals surface area (Å²) in [4.78, 5) is 11.6. The van der Waals surface area contributed by atoms with Gasteiger partial charge in [0.2, 0.25) is 0 Å². The van der Waals surface area contributed by atoms with Gasteiger partial charge in [0.1, 0.15) is 12.4 Å². The molecule has 2 nitrogen and oxygen atoms in total. The molecule has 0 aromatic heterocycles. The molecule has 0 N–H and O–H groups in total. The van der Waals surface area contributed by atoms with Crippen molar-refractivity contribution in [1.82, 2.24) is 0 Å². The third-order valence-corrected chi connectivity index (χ3v) is 3.52. The SMILES string of the molecule is CC(=O)c1cc(Cl)ccc1OCc1ccc(C)c(C)c1. The lowest BCUT2D eigenvalue weighted by Crippen LogP contribution is -2.02. The van der Waals surface area contributed by atoms with Crippen molar-refractivity contribution in [2.24, 2.45) is 0 Å². The van der Waals surface area contributed by atoms with Crippen molar-refractivity contribution >= 4 is 17.4 Å². The van der Waals surface area contributed by atoms with E-state index in [1.165, 1.54) is 18.1 Å². The summed E-state index contributed by atoms with van der Waals surface area (Å²) in [6.07, 6.45) is 0. The summed E-state index contributed by atoms with van der Waals surface area (Å²) in [7, 11) is 0. The van der Waals surface area contributed by atoms with Gasteiger partial charge in [-0.2, -0.15) is 0 Å². The Morgan fingerprint density at radius 2 is 1.85 bits per heavy atom. The summed E-state index contributed by atoms with van der Waals surface area (Å²) in [6.45, 7) is 6.09. The molecule has 0 spiro atoms. The molecule has 20 heavy (non-hydrogen) atoms. The molecule has 0 saturated heterocycles. The van der Waals surface area contributed by atoms with Crippen LogP contribution in [-0.4, -0.2) is 5.78 Å². The lowest BCUT2D eigenvalue weighted by atomic mass is 10.1. The van der Waals surface area contributed by atoms with E-state index in [1.54, 1.807) is 18.2 Å². The summed E-state index contributed by atoms with van der Waals surface area (Å²) in [6, 6.07) is 11.3. The highest BCUT2D eigenvalue weighted by molar-refractivity contribution is 6.31. The van der Waals surface area contributed by atoms with E-state index in [0.29, 0.717) is 22.9 Å². The predicted molar refractivity (Wildman–Crippen MR) is 81.7 cm³/mol. The third-order valence-electron chi connectivity index (χ3n) is 3.29. The van der Waals surface area contributed by atoms with Gasteiger partial charge in [-0.25, -0.2) is 0 Å². The Balaban J connectivity index is 2.18. The van der Waals surface area contributed by atoms with Gasteiger partial charge in [0.15, 0.2) is 5.78 Å². The predicted octanol–water partition coefficient (Wildman–Crippen LogP) is 4.74. The van der Waals surface area contributed by atoms with Crippen molar-refractivity contribution < 1.29 is 9.53 Å². The number of Topliss-reactive ketones (excluding diaryl/α,β-unsaturated/α-hetero) is 1. The smallest absolute Gasteiger partial charge is 0.163 e. The van der Waals surface area contributed by atoms with Crippen LogP contribution >= 0.6 is 11.6 Å². The highest BCUT2D eigenvalue weighted by Crippen LogP contribution is 2.24. The van der Waals surface area contributed by atoms with Crippen molar-refractivity contribution in [3.63, 3.8) is 0 Å². The number of aryl methyl sites for hydroxylation is 2.